The Kier molecular flexibility index (Phi) is 2.68. The second kappa shape index (κ2) is 4.01. The molecule has 4 aliphatic carbocycles. The summed E-state index contributed by atoms with van der Waals surface area (Å²) in [5.41, 5.74) is 0.623. The maximum atomic E-state index is 11.3. The second-order valence-corrected chi connectivity index (χ2v) is 6.84. The van der Waals surface area contributed by atoms with E-state index < -0.39 is 5.97 Å². The number of aliphatic carboxylic acids is 1. The first-order valence-electron chi connectivity index (χ1n) is 7.07. The molecule has 4 fully saturated rings. The molecule has 4 saturated carbocycles. The van der Waals surface area contributed by atoms with Crippen molar-refractivity contribution in [1.29, 1.82) is 0 Å². The van der Waals surface area contributed by atoms with Crippen LogP contribution in [-0.2, 0) is 9.53 Å². The molecule has 4 aliphatic rings. The minimum Gasteiger partial charge on any atom is -0.480 e. The van der Waals surface area contributed by atoms with Crippen molar-refractivity contribution in [3.05, 3.63) is 11.3 Å². The Balaban J connectivity index is 1.84. The van der Waals surface area contributed by atoms with Gasteiger partial charge in [-0.2, -0.15) is 0 Å². The molecule has 18 heavy (non-hydrogen) atoms. The highest BCUT2D eigenvalue weighted by Crippen LogP contribution is 2.57. The van der Waals surface area contributed by atoms with E-state index in [4.69, 9.17) is 4.74 Å². The highest BCUT2D eigenvalue weighted by Gasteiger charge is 2.53. The van der Waals surface area contributed by atoms with Gasteiger partial charge in [0.05, 0.1) is 0 Å². The normalized spacial score (nSPS) is 40.7. The van der Waals surface area contributed by atoms with Gasteiger partial charge in [-0.05, 0) is 75.7 Å². The number of carboxylic acids is 1. The quantitative estimate of drug-likeness (QED) is 0.617. The van der Waals surface area contributed by atoms with Crippen LogP contribution in [0.4, 0.5) is 0 Å². The van der Waals surface area contributed by atoms with E-state index >= 15 is 0 Å². The first kappa shape index (κ1) is 12.1. The number of carbonyl (C=O) groups is 1. The van der Waals surface area contributed by atoms with Crippen LogP contribution >= 0.6 is 0 Å². The van der Waals surface area contributed by atoms with Crippen molar-refractivity contribution in [3.8, 4) is 0 Å². The van der Waals surface area contributed by atoms with Crippen molar-refractivity contribution in [2.24, 2.45) is 17.8 Å². The van der Waals surface area contributed by atoms with Gasteiger partial charge in [0.2, 0.25) is 5.76 Å². The zero-order valence-electron chi connectivity index (χ0n) is 11.2. The molecule has 100 valence electrons. The molecule has 0 spiro atoms. The molecule has 4 rings (SSSR count). The lowest BCUT2D eigenvalue weighted by Gasteiger charge is -2.56. The van der Waals surface area contributed by atoms with Crippen LogP contribution in [0.15, 0.2) is 11.3 Å². The number of hydrogen-bond acceptors (Lipinski definition) is 2. The van der Waals surface area contributed by atoms with Gasteiger partial charge >= 0.3 is 5.97 Å². The average molecular weight is 250 g/mol. The summed E-state index contributed by atoms with van der Waals surface area (Å²) in [6, 6.07) is 0. The molecule has 1 N–H and O–H groups in total. The summed E-state index contributed by atoms with van der Waals surface area (Å²) in [6.07, 6.45) is 7.26. The predicted molar refractivity (Wildman–Crippen MR) is 68.0 cm³/mol. The molecule has 0 aromatic rings. The van der Waals surface area contributed by atoms with Crippen LogP contribution in [0.2, 0.25) is 0 Å². The molecule has 0 radical (unpaired) electrons. The third-order valence-electron chi connectivity index (χ3n) is 4.95. The van der Waals surface area contributed by atoms with E-state index in [0.717, 1.165) is 42.6 Å². The Morgan fingerprint density at radius 2 is 1.50 bits per heavy atom. The van der Waals surface area contributed by atoms with Crippen LogP contribution in [-0.4, -0.2) is 16.7 Å². The van der Waals surface area contributed by atoms with Gasteiger partial charge in [0.25, 0.3) is 0 Å². The molecular weight excluding hydrogens is 228 g/mol. The minimum absolute atomic E-state index is 0.153. The highest BCUT2D eigenvalue weighted by molar-refractivity contribution is 5.85. The van der Waals surface area contributed by atoms with Crippen LogP contribution < -0.4 is 0 Å². The lowest BCUT2D eigenvalue weighted by molar-refractivity contribution is -0.160. The lowest BCUT2D eigenvalue weighted by atomic mass is 9.54. The molecule has 4 bridgehead atoms. The summed E-state index contributed by atoms with van der Waals surface area (Å²) < 4.78 is 6.05. The summed E-state index contributed by atoms with van der Waals surface area (Å²) in [6.45, 7) is 3.65. The van der Waals surface area contributed by atoms with Gasteiger partial charge in [0.1, 0.15) is 5.60 Å². The molecular formula is C15H22O3. The highest BCUT2D eigenvalue weighted by atomic mass is 16.5. The molecule has 0 heterocycles. The van der Waals surface area contributed by atoms with Crippen molar-refractivity contribution in [2.75, 3.05) is 0 Å². The first-order valence-corrected chi connectivity index (χ1v) is 7.07. The van der Waals surface area contributed by atoms with Crippen molar-refractivity contribution in [3.63, 3.8) is 0 Å². The second-order valence-electron chi connectivity index (χ2n) is 6.84. The number of hydrogen-bond donors (Lipinski definition) is 1. The fraction of sp³-hybridized carbons (Fsp3) is 0.800. The monoisotopic (exact) mass is 250 g/mol. The minimum atomic E-state index is -0.911. The first-order chi connectivity index (χ1) is 8.47. The Morgan fingerprint density at radius 1 is 1.06 bits per heavy atom. The number of allylic oxidation sites excluding steroid dienone is 1. The maximum Gasteiger partial charge on any atom is 0.371 e. The zero-order valence-corrected chi connectivity index (χ0v) is 11.2. The molecule has 0 aromatic heterocycles. The smallest absolute Gasteiger partial charge is 0.371 e. The van der Waals surface area contributed by atoms with E-state index in [1.807, 2.05) is 13.8 Å². The van der Waals surface area contributed by atoms with Crippen LogP contribution in [0.3, 0.4) is 0 Å². The Morgan fingerprint density at radius 3 is 1.83 bits per heavy atom. The van der Waals surface area contributed by atoms with Crippen molar-refractivity contribution >= 4 is 5.97 Å². The third-order valence-corrected chi connectivity index (χ3v) is 4.95. The summed E-state index contributed by atoms with van der Waals surface area (Å²) >= 11 is 0. The van der Waals surface area contributed by atoms with Gasteiger partial charge in [0.15, 0.2) is 0 Å². The van der Waals surface area contributed by atoms with E-state index in [9.17, 15) is 9.90 Å². The standard InChI is InChI=1S/C15H22O3/c1-9(2)13(14(16)17)18-15-6-10-3-11(7-15)5-12(4-10)8-15/h10-12H,3-8H2,1-2H3,(H,16,17). The van der Waals surface area contributed by atoms with Crippen molar-refractivity contribution in [2.45, 2.75) is 58.0 Å². The lowest BCUT2D eigenvalue weighted by Crippen LogP contribution is -2.52. The summed E-state index contributed by atoms with van der Waals surface area (Å²) in [5, 5.41) is 9.26. The van der Waals surface area contributed by atoms with Crippen LogP contribution in [0.25, 0.3) is 0 Å². The molecule has 0 saturated heterocycles. The van der Waals surface area contributed by atoms with Gasteiger partial charge in [-0.15, -0.1) is 0 Å². The largest absolute Gasteiger partial charge is 0.480 e. The van der Waals surface area contributed by atoms with Gasteiger partial charge in [-0.1, -0.05) is 0 Å². The van der Waals surface area contributed by atoms with Crippen LogP contribution in [0.5, 0.6) is 0 Å². The van der Waals surface area contributed by atoms with E-state index in [0.29, 0.717) is 0 Å². The SMILES string of the molecule is CC(C)=C(OC12CC3CC(CC(C3)C1)C2)C(=O)O. The van der Waals surface area contributed by atoms with Gasteiger partial charge < -0.3 is 9.84 Å². The number of rotatable bonds is 3. The molecule has 3 nitrogen and oxygen atoms in total. The molecule has 0 atom stereocenters. The molecule has 0 unspecified atom stereocenters. The Bertz CT molecular complexity index is 369. The van der Waals surface area contributed by atoms with Crippen LogP contribution in [0, 0.1) is 17.8 Å². The van der Waals surface area contributed by atoms with E-state index in [1.165, 1.54) is 19.3 Å². The van der Waals surface area contributed by atoms with E-state index in [1.54, 1.807) is 0 Å². The molecule has 3 heteroatoms. The van der Waals surface area contributed by atoms with Crippen molar-refractivity contribution < 1.29 is 14.6 Å². The number of carboxylic acid groups (broad SMARTS) is 1. The summed E-state index contributed by atoms with van der Waals surface area (Å²) in [4.78, 5) is 11.3. The van der Waals surface area contributed by atoms with Crippen molar-refractivity contribution in [1.82, 2.24) is 0 Å². The zero-order chi connectivity index (χ0) is 12.9. The van der Waals surface area contributed by atoms with Gasteiger partial charge in [-0.3, -0.25) is 0 Å². The topological polar surface area (TPSA) is 46.5 Å². The Hall–Kier alpha value is -0.990. The van der Waals surface area contributed by atoms with Gasteiger partial charge in [0, 0.05) is 0 Å². The fourth-order valence-electron chi connectivity index (χ4n) is 4.73. The summed E-state index contributed by atoms with van der Waals surface area (Å²) in [7, 11) is 0. The van der Waals surface area contributed by atoms with E-state index in [-0.39, 0.29) is 11.4 Å². The summed E-state index contributed by atoms with van der Waals surface area (Å²) in [5.74, 6) is 1.62. The predicted octanol–water partition coefficient (Wildman–Crippen LogP) is 3.35. The Labute approximate surface area is 108 Å². The average Bonchev–Trinajstić information content (AvgIpc) is 2.23. The fourth-order valence-corrected chi connectivity index (χ4v) is 4.73. The number of ether oxygens (including phenoxy) is 1. The van der Waals surface area contributed by atoms with Gasteiger partial charge in [-0.25, -0.2) is 4.79 Å². The van der Waals surface area contributed by atoms with E-state index in [2.05, 4.69) is 0 Å². The molecule has 0 aliphatic heterocycles. The van der Waals surface area contributed by atoms with Crippen LogP contribution in [0.1, 0.15) is 52.4 Å². The third kappa shape index (κ3) is 1.94. The molecule has 0 amide bonds. The maximum absolute atomic E-state index is 11.3. The molecule has 0 aromatic carbocycles.